The zero-order chi connectivity index (χ0) is 16.0. The third kappa shape index (κ3) is 2.44. The standard InChI is InChI=1S/C18H22N4O/c1-11(2)17-20-14-4-3-12(9-15(14)21-17)18(23)22-8-6-13-10-19-7-5-16(13)22/h5,7,10-12H,3-4,6,8-9H2,1-2H3,(H,20,21)/t12-/m0/s1. The van der Waals surface area contributed by atoms with E-state index < -0.39 is 0 Å². The maximum atomic E-state index is 13.0. The van der Waals surface area contributed by atoms with Crippen molar-refractivity contribution in [3.63, 3.8) is 0 Å². The highest BCUT2D eigenvalue weighted by atomic mass is 16.2. The van der Waals surface area contributed by atoms with Crippen LogP contribution < -0.4 is 4.90 Å². The summed E-state index contributed by atoms with van der Waals surface area (Å²) in [7, 11) is 0. The van der Waals surface area contributed by atoms with Crippen LogP contribution in [0.1, 0.15) is 49.0 Å². The molecule has 0 radical (unpaired) electrons. The number of aromatic nitrogens is 3. The van der Waals surface area contributed by atoms with E-state index in [1.807, 2.05) is 17.2 Å². The van der Waals surface area contributed by atoms with E-state index in [0.717, 1.165) is 55.1 Å². The van der Waals surface area contributed by atoms with Crippen LogP contribution in [0, 0.1) is 5.92 Å². The molecule has 0 saturated carbocycles. The van der Waals surface area contributed by atoms with Crippen LogP contribution in [0.3, 0.4) is 0 Å². The van der Waals surface area contributed by atoms with Gasteiger partial charge in [-0.1, -0.05) is 13.8 Å². The van der Waals surface area contributed by atoms with Crippen molar-refractivity contribution in [2.75, 3.05) is 11.4 Å². The number of H-pyrrole nitrogens is 1. The van der Waals surface area contributed by atoms with E-state index in [4.69, 9.17) is 0 Å². The smallest absolute Gasteiger partial charge is 0.230 e. The van der Waals surface area contributed by atoms with Gasteiger partial charge in [-0.25, -0.2) is 4.98 Å². The molecule has 0 bridgehead atoms. The zero-order valence-electron chi connectivity index (χ0n) is 13.7. The summed E-state index contributed by atoms with van der Waals surface area (Å²) in [5.41, 5.74) is 4.54. The first-order valence-corrected chi connectivity index (χ1v) is 8.45. The van der Waals surface area contributed by atoms with Crippen LogP contribution in [0.25, 0.3) is 0 Å². The number of anilines is 1. The van der Waals surface area contributed by atoms with Crippen LogP contribution in [0.2, 0.25) is 0 Å². The number of aromatic amines is 1. The number of imidazole rings is 1. The topological polar surface area (TPSA) is 61.9 Å². The first kappa shape index (κ1) is 14.4. The minimum atomic E-state index is 0.0575. The quantitative estimate of drug-likeness (QED) is 0.927. The number of fused-ring (bicyclic) bond motifs is 2. The molecule has 2 aromatic rings. The molecule has 4 rings (SSSR count). The molecule has 1 N–H and O–H groups in total. The Balaban J connectivity index is 1.54. The molecule has 2 aliphatic rings. The average molecular weight is 310 g/mol. The molecule has 23 heavy (non-hydrogen) atoms. The Hall–Kier alpha value is -2.17. The number of hydrogen-bond donors (Lipinski definition) is 1. The van der Waals surface area contributed by atoms with Gasteiger partial charge in [-0.05, 0) is 30.9 Å². The summed E-state index contributed by atoms with van der Waals surface area (Å²) in [6.07, 6.45) is 7.13. The molecule has 1 atom stereocenters. The van der Waals surface area contributed by atoms with Gasteiger partial charge in [0.05, 0.1) is 5.69 Å². The van der Waals surface area contributed by atoms with Gasteiger partial charge in [0, 0.05) is 48.6 Å². The Kier molecular flexibility index (Phi) is 3.43. The fraction of sp³-hybridized carbons (Fsp3) is 0.500. The molecule has 0 aromatic carbocycles. The summed E-state index contributed by atoms with van der Waals surface area (Å²) >= 11 is 0. The van der Waals surface area contributed by atoms with Gasteiger partial charge in [-0.3, -0.25) is 9.78 Å². The largest absolute Gasteiger partial charge is 0.345 e. The van der Waals surface area contributed by atoms with Crippen molar-refractivity contribution >= 4 is 11.6 Å². The third-order valence-electron chi connectivity index (χ3n) is 5.00. The fourth-order valence-corrected chi connectivity index (χ4v) is 3.66. The first-order valence-electron chi connectivity index (χ1n) is 8.45. The maximum absolute atomic E-state index is 13.0. The minimum Gasteiger partial charge on any atom is -0.345 e. The Labute approximate surface area is 136 Å². The molecule has 1 aliphatic heterocycles. The molecule has 0 spiro atoms. The third-order valence-corrected chi connectivity index (χ3v) is 5.00. The van der Waals surface area contributed by atoms with E-state index in [2.05, 4.69) is 28.8 Å². The normalized spacial score (nSPS) is 19.8. The number of amides is 1. The summed E-state index contributed by atoms with van der Waals surface area (Å²) in [5.74, 6) is 1.75. The molecule has 0 saturated heterocycles. The van der Waals surface area contributed by atoms with Crippen LogP contribution in [0.15, 0.2) is 18.5 Å². The molecule has 3 heterocycles. The molecular weight excluding hydrogens is 288 g/mol. The van der Waals surface area contributed by atoms with E-state index in [0.29, 0.717) is 5.92 Å². The Morgan fingerprint density at radius 1 is 1.39 bits per heavy atom. The molecule has 2 aromatic heterocycles. The number of aryl methyl sites for hydroxylation is 1. The van der Waals surface area contributed by atoms with Crippen molar-refractivity contribution in [1.82, 2.24) is 15.0 Å². The van der Waals surface area contributed by atoms with E-state index in [-0.39, 0.29) is 11.8 Å². The fourth-order valence-electron chi connectivity index (χ4n) is 3.66. The highest BCUT2D eigenvalue weighted by Gasteiger charge is 2.33. The van der Waals surface area contributed by atoms with Crippen molar-refractivity contribution in [1.29, 1.82) is 0 Å². The van der Waals surface area contributed by atoms with Crippen LogP contribution in [0.4, 0.5) is 5.69 Å². The van der Waals surface area contributed by atoms with Crippen LogP contribution in [0.5, 0.6) is 0 Å². The SMILES string of the molecule is CC(C)c1nc2c([nH]1)C[C@@H](C(=O)N1CCc3cnccc31)CC2. The highest BCUT2D eigenvalue weighted by molar-refractivity contribution is 5.97. The molecule has 120 valence electrons. The maximum Gasteiger partial charge on any atom is 0.230 e. The Morgan fingerprint density at radius 3 is 3.09 bits per heavy atom. The molecule has 0 unspecified atom stereocenters. The van der Waals surface area contributed by atoms with Crippen LogP contribution in [-0.4, -0.2) is 27.4 Å². The van der Waals surface area contributed by atoms with Gasteiger partial charge in [-0.2, -0.15) is 0 Å². The monoisotopic (exact) mass is 310 g/mol. The predicted molar refractivity (Wildman–Crippen MR) is 88.5 cm³/mol. The number of nitrogens with zero attached hydrogens (tertiary/aromatic N) is 3. The van der Waals surface area contributed by atoms with Gasteiger partial charge in [0.15, 0.2) is 0 Å². The minimum absolute atomic E-state index is 0.0575. The lowest BCUT2D eigenvalue weighted by atomic mass is 9.88. The second-order valence-corrected chi connectivity index (χ2v) is 6.89. The highest BCUT2D eigenvalue weighted by Crippen LogP contribution is 2.32. The van der Waals surface area contributed by atoms with Gasteiger partial charge in [0.1, 0.15) is 5.82 Å². The van der Waals surface area contributed by atoms with Crippen molar-refractivity contribution < 1.29 is 4.79 Å². The lowest BCUT2D eigenvalue weighted by molar-refractivity contribution is -0.122. The van der Waals surface area contributed by atoms with Crippen molar-refractivity contribution in [2.24, 2.45) is 5.92 Å². The Bertz CT molecular complexity index is 749. The van der Waals surface area contributed by atoms with Gasteiger partial charge in [-0.15, -0.1) is 0 Å². The van der Waals surface area contributed by atoms with Gasteiger partial charge in [0.25, 0.3) is 0 Å². The summed E-state index contributed by atoms with van der Waals surface area (Å²) in [6, 6.07) is 1.96. The molecule has 5 heteroatoms. The zero-order valence-corrected chi connectivity index (χ0v) is 13.7. The number of hydrogen-bond acceptors (Lipinski definition) is 3. The number of nitrogens with one attached hydrogen (secondary N) is 1. The lowest BCUT2D eigenvalue weighted by Gasteiger charge is -2.26. The molecule has 5 nitrogen and oxygen atoms in total. The molecule has 1 aliphatic carbocycles. The predicted octanol–water partition coefficient (Wildman–Crippen LogP) is 2.62. The summed E-state index contributed by atoms with van der Waals surface area (Å²) in [4.78, 5) is 27.2. The van der Waals surface area contributed by atoms with E-state index in [9.17, 15) is 4.79 Å². The summed E-state index contributed by atoms with van der Waals surface area (Å²) in [5, 5.41) is 0. The van der Waals surface area contributed by atoms with Crippen molar-refractivity contribution in [2.45, 2.75) is 45.4 Å². The molecule has 1 amide bonds. The second-order valence-electron chi connectivity index (χ2n) is 6.89. The van der Waals surface area contributed by atoms with Crippen molar-refractivity contribution in [3.8, 4) is 0 Å². The summed E-state index contributed by atoms with van der Waals surface area (Å²) in [6.45, 7) is 5.06. The number of carbonyl (C=O) groups is 1. The number of carbonyl (C=O) groups excluding carboxylic acids is 1. The van der Waals surface area contributed by atoms with Crippen LogP contribution in [-0.2, 0) is 24.1 Å². The number of rotatable bonds is 2. The van der Waals surface area contributed by atoms with Crippen molar-refractivity contribution in [3.05, 3.63) is 41.2 Å². The second kappa shape index (κ2) is 5.48. The van der Waals surface area contributed by atoms with E-state index in [1.165, 1.54) is 5.56 Å². The summed E-state index contributed by atoms with van der Waals surface area (Å²) < 4.78 is 0. The van der Waals surface area contributed by atoms with Gasteiger partial charge >= 0.3 is 0 Å². The van der Waals surface area contributed by atoms with E-state index >= 15 is 0 Å². The van der Waals surface area contributed by atoms with Gasteiger partial charge in [0.2, 0.25) is 5.91 Å². The van der Waals surface area contributed by atoms with Crippen LogP contribution >= 0.6 is 0 Å². The first-order chi connectivity index (χ1) is 11.1. The Morgan fingerprint density at radius 2 is 2.26 bits per heavy atom. The molecule has 0 fully saturated rings. The molecular formula is C18H22N4O. The number of pyridine rings is 1. The van der Waals surface area contributed by atoms with Gasteiger partial charge < -0.3 is 9.88 Å². The van der Waals surface area contributed by atoms with E-state index in [1.54, 1.807) is 6.20 Å². The lowest BCUT2D eigenvalue weighted by Crippen LogP contribution is -2.37. The average Bonchev–Trinajstić information content (AvgIpc) is 3.17.